The Bertz CT molecular complexity index is 3390. The van der Waals surface area contributed by atoms with Crippen LogP contribution in [0.15, 0.2) is 194 Å². The van der Waals surface area contributed by atoms with E-state index in [1.165, 1.54) is 200 Å². The molecule has 0 amide bonds. The summed E-state index contributed by atoms with van der Waals surface area (Å²) in [6, 6.07) is 73.1. The Morgan fingerprint density at radius 3 is 0.988 bits per heavy atom. The molecule has 0 aliphatic heterocycles. The average molecular weight is 1050 g/mol. The lowest BCUT2D eigenvalue weighted by atomic mass is 9.83. The minimum absolute atomic E-state index is 0.976. The number of benzene rings is 10. The zero-order valence-corrected chi connectivity index (χ0v) is 48.8. The number of nitrogens with one attached hydrogen (secondary N) is 2. The molecular formula is C78H84N2. The minimum Gasteiger partial charge on any atom is -0.356 e. The molecule has 2 nitrogen and oxygen atoms in total. The molecule has 2 N–H and O–H groups in total. The zero-order chi connectivity index (χ0) is 55.2. The zero-order valence-electron chi connectivity index (χ0n) is 48.8. The highest BCUT2D eigenvalue weighted by Crippen LogP contribution is 2.45. The van der Waals surface area contributed by atoms with Crippen LogP contribution in [0.5, 0.6) is 0 Å². The summed E-state index contributed by atoms with van der Waals surface area (Å²) in [5, 5.41) is 12.5. The van der Waals surface area contributed by atoms with Gasteiger partial charge < -0.3 is 10.6 Å². The molecule has 0 saturated carbocycles. The van der Waals surface area contributed by atoms with Gasteiger partial charge in [0.2, 0.25) is 0 Å². The molecule has 2 heteroatoms. The molecule has 0 fully saturated rings. The van der Waals surface area contributed by atoms with Crippen molar-refractivity contribution in [2.45, 2.75) is 144 Å². The van der Waals surface area contributed by atoms with E-state index in [0.29, 0.717) is 0 Å². The van der Waals surface area contributed by atoms with Gasteiger partial charge in [0.1, 0.15) is 0 Å². The predicted octanol–water partition coefficient (Wildman–Crippen LogP) is 23.4. The van der Waals surface area contributed by atoms with Gasteiger partial charge in [-0.1, -0.05) is 237 Å². The molecule has 0 saturated heterocycles. The van der Waals surface area contributed by atoms with Gasteiger partial charge in [0, 0.05) is 22.7 Å². The number of rotatable bonds is 25. The Hall–Kier alpha value is -7.68. The van der Waals surface area contributed by atoms with Crippen molar-refractivity contribution in [2.75, 3.05) is 10.6 Å². The summed E-state index contributed by atoms with van der Waals surface area (Å²) in [6.45, 7) is 13.7. The first-order valence-corrected chi connectivity index (χ1v) is 30.6. The van der Waals surface area contributed by atoms with E-state index in [9.17, 15) is 0 Å². The third-order valence-corrected chi connectivity index (χ3v) is 16.8. The number of fused-ring (bicyclic) bond motifs is 2. The van der Waals surface area contributed by atoms with Crippen molar-refractivity contribution in [1.29, 1.82) is 0 Å². The molecule has 0 heterocycles. The second-order valence-electron chi connectivity index (χ2n) is 22.6. The molecule has 10 aromatic rings. The van der Waals surface area contributed by atoms with Gasteiger partial charge in [-0.05, 0) is 211 Å². The number of anilines is 4. The quantitative estimate of drug-likeness (QED) is 0.0558. The Labute approximate surface area is 479 Å². The second-order valence-corrected chi connectivity index (χ2v) is 22.6. The van der Waals surface area contributed by atoms with Crippen LogP contribution in [0.2, 0.25) is 0 Å². The summed E-state index contributed by atoms with van der Waals surface area (Å²) >= 11 is 0. The lowest BCUT2D eigenvalue weighted by Gasteiger charge is -2.21. The van der Waals surface area contributed by atoms with Crippen LogP contribution in [0.1, 0.15) is 138 Å². The lowest BCUT2D eigenvalue weighted by Crippen LogP contribution is -1.96. The van der Waals surface area contributed by atoms with Gasteiger partial charge in [-0.3, -0.25) is 0 Å². The molecular weight excluding hydrogens is 965 g/mol. The highest BCUT2D eigenvalue weighted by atomic mass is 14.9. The van der Waals surface area contributed by atoms with Crippen LogP contribution in [0, 0.1) is 13.8 Å². The fourth-order valence-electron chi connectivity index (χ4n) is 12.4. The van der Waals surface area contributed by atoms with E-state index in [0.717, 1.165) is 35.6 Å². The Balaban J connectivity index is 0.838. The third kappa shape index (κ3) is 13.1. The van der Waals surface area contributed by atoms with Gasteiger partial charge in [-0.2, -0.15) is 0 Å². The Morgan fingerprint density at radius 2 is 0.613 bits per heavy atom. The maximum Gasteiger partial charge on any atom is 0.0387 e. The highest BCUT2D eigenvalue weighted by molar-refractivity contribution is 6.14. The molecule has 80 heavy (non-hydrogen) atoms. The van der Waals surface area contributed by atoms with Crippen LogP contribution in [-0.2, 0) is 25.7 Å². The molecule has 0 bridgehead atoms. The number of aryl methyl sites for hydroxylation is 6. The summed E-state index contributed by atoms with van der Waals surface area (Å²) in [5.74, 6) is 0. The molecule has 0 spiro atoms. The van der Waals surface area contributed by atoms with E-state index in [4.69, 9.17) is 0 Å². The van der Waals surface area contributed by atoms with Crippen molar-refractivity contribution in [2.24, 2.45) is 0 Å². The third-order valence-electron chi connectivity index (χ3n) is 16.8. The van der Waals surface area contributed by atoms with Crippen molar-refractivity contribution in [1.82, 2.24) is 0 Å². The lowest BCUT2D eigenvalue weighted by molar-refractivity contribution is 0.607. The van der Waals surface area contributed by atoms with E-state index in [-0.39, 0.29) is 0 Å². The van der Waals surface area contributed by atoms with E-state index in [1.807, 2.05) is 0 Å². The van der Waals surface area contributed by atoms with Crippen LogP contribution in [0.4, 0.5) is 22.7 Å². The van der Waals surface area contributed by atoms with E-state index in [1.54, 1.807) is 0 Å². The van der Waals surface area contributed by atoms with Crippen molar-refractivity contribution in [3.8, 4) is 55.6 Å². The van der Waals surface area contributed by atoms with Crippen molar-refractivity contribution in [3.05, 3.63) is 228 Å². The number of unbranched alkanes of at least 4 members (excludes halogenated alkanes) is 10. The summed E-state index contributed by atoms with van der Waals surface area (Å²) in [5.41, 5.74) is 25.3. The van der Waals surface area contributed by atoms with Gasteiger partial charge in [0.25, 0.3) is 0 Å². The van der Waals surface area contributed by atoms with Gasteiger partial charge in [-0.25, -0.2) is 0 Å². The molecule has 10 aromatic carbocycles. The van der Waals surface area contributed by atoms with E-state index in [2.05, 4.69) is 246 Å². The largest absolute Gasteiger partial charge is 0.356 e. The first-order chi connectivity index (χ1) is 39.3. The van der Waals surface area contributed by atoms with E-state index >= 15 is 0 Å². The van der Waals surface area contributed by atoms with Gasteiger partial charge >= 0.3 is 0 Å². The fraction of sp³-hybridized carbons (Fsp3) is 0.282. The molecule has 0 radical (unpaired) electrons. The van der Waals surface area contributed by atoms with Crippen LogP contribution < -0.4 is 10.6 Å². The molecule has 0 aliphatic rings. The first-order valence-electron chi connectivity index (χ1n) is 30.6. The Kier molecular flexibility index (Phi) is 18.8. The molecule has 10 rings (SSSR count). The van der Waals surface area contributed by atoms with Gasteiger partial charge in [-0.15, -0.1) is 0 Å². The predicted molar refractivity (Wildman–Crippen MR) is 350 cm³/mol. The van der Waals surface area contributed by atoms with Crippen LogP contribution in [-0.4, -0.2) is 0 Å². The number of hydrogen-bond acceptors (Lipinski definition) is 2. The second kappa shape index (κ2) is 27.0. The van der Waals surface area contributed by atoms with Crippen LogP contribution in [0.25, 0.3) is 77.2 Å². The average Bonchev–Trinajstić information content (AvgIpc) is 3.57. The summed E-state index contributed by atoms with van der Waals surface area (Å²) < 4.78 is 0. The maximum absolute atomic E-state index is 3.73. The van der Waals surface area contributed by atoms with Crippen LogP contribution >= 0.6 is 0 Å². The maximum atomic E-state index is 3.73. The van der Waals surface area contributed by atoms with Crippen molar-refractivity contribution < 1.29 is 0 Å². The number of hydrogen-bond donors (Lipinski definition) is 2. The monoisotopic (exact) mass is 1050 g/mol. The molecule has 0 unspecified atom stereocenters. The molecule has 406 valence electrons. The normalized spacial score (nSPS) is 11.4. The smallest absolute Gasteiger partial charge is 0.0387 e. The van der Waals surface area contributed by atoms with Crippen molar-refractivity contribution in [3.63, 3.8) is 0 Å². The topological polar surface area (TPSA) is 24.1 Å². The standard InChI is InChI=1S/C78H84N2/c1-7-11-13-15-17-19-25-57-31-35-61(36-32-57)69-49-47-67(53-59(69)9-3)79-65-43-39-63(40-44-65)75-51-55(5)77(73-29-23-21-27-71(73)75)78-56(6)52-76(72-28-22-24-30-74(72)78)64-41-45-66(46-42-64)80-68-48-50-70(60(10-4)54-68)62-37-33-58(34-38-62)26-20-18-16-14-12-8-2/h21-24,27-54,79-80H,7-20,25-26H2,1-6H3. The SMILES string of the molecule is CCCCCCCCc1ccc(-c2ccc(Nc3ccc(-c4cc(C)c(-c5c(C)cc(-c6ccc(Nc7ccc(-c8ccc(CCCCCCCC)cc8)c(CC)c7)cc6)c6ccccc56)c5ccccc45)cc3)cc2CC)cc1. The molecule has 0 aliphatic carbocycles. The summed E-state index contributed by atoms with van der Waals surface area (Å²) in [6.07, 6.45) is 20.3. The van der Waals surface area contributed by atoms with Crippen molar-refractivity contribution >= 4 is 44.3 Å². The molecule has 0 aromatic heterocycles. The fourth-order valence-corrected chi connectivity index (χ4v) is 12.4. The van der Waals surface area contributed by atoms with Gasteiger partial charge in [0.05, 0.1) is 0 Å². The van der Waals surface area contributed by atoms with Gasteiger partial charge in [0.15, 0.2) is 0 Å². The highest BCUT2D eigenvalue weighted by Gasteiger charge is 2.19. The summed E-state index contributed by atoms with van der Waals surface area (Å²) in [4.78, 5) is 0. The van der Waals surface area contributed by atoms with E-state index < -0.39 is 0 Å². The van der Waals surface area contributed by atoms with Crippen LogP contribution in [0.3, 0.4) is 0 Å². The Morgan fingerprint density at radius 1 is 0.287 bits per heavy atom. The summed E-state index contributed by atoms with van der Waals surface area (Å²) in [7, 11) is 0. The first kappa shape index (κ1) is 55.6. The minimum atomic E-state index is 0.976. The molecule has 0 atom stereocenters.